The number of ether oxygens (including phenoxy) is 3. The number of aryl methyl sites for hydroxylation is 1. The van der Waals surface area contributed by atoms with Gasteiger partial charge in [-0.05, 0) is 170 Å². The Kier molecular flexibility index (Phi) is 21.3. The number of hydrogen-bond donors (Lipinski definition) is 1. The van der Waals surface area contributed by atoms with Crippen LogP contribution in [0.3, 0.4) is 0 Å². The fraction of sp³-hybridized carbons (Fsp3) is 0.586. The fourth-order valence-electron chi connectivity index (χ4n) is 12.6. The van der Waals surface area contributed by atoms with Crippen molar-refractivity contribution in [3.63, 3.8) is 0 Å². The molecule has 2 fully saturated rings. The highest BCUT2D eigenvalue weighted by atomic mass is 19.1. The van der Waals surface area contributed by atoms with Crippen LogP contribution in [0.5, 0.6) is 0 Å². The van der Waals surface area contributed by atoms with Gasteiger partial charge in [0.15, 0.2) is 5.78 Å². The first-order valence-electron chi connectivity index (χ1n) is 31.6. The van der Waals surface area contributed by atoms with E-state index in [1.807, 2.05) is 86.2 Å². The number of esters is 1. The van der Waals surface area contributed by atoms with Crippen LogP contribution in [0.25, 0.3) is 44.3 Å². The van der Waals surface area contributed by atoms with Crippen molar-refractivity contribution in [3.05, 3.63) is 83.4 Å². The SMILES string of the molecule is CCCn1c(-c2ccc(-c3c(C[C@@H]4CCCN4C(=O)[C@@H](NC(=O)[C@H](C)N(C)C(=O)OC(C)(C)C)C(C)(C)C)c4ccc(F)cc4n3CCOC(C)=O)cc2)c(C[C@@H]2CCCN2C(=O)[C@@H](CC(=O)[C@H](C)N(C)C(=O)OC(C)(C)C)C(C)(C)C)c2ccc(F)cc21. The van der Waals surface area contributed by atoms with Gasteiger partial charge in [0.05, 0.1) is 35.0 Å². The highest BCUT2D eigenvalue weighted by Gasteiger charge is 2.44. The number of carbonyl (C=O) groups is 7. The van der Waals surface area contributed by atoms with E-state index in [4.69, 9.17) is 14.2 Å². The second-order valence-electron chi connectivity index (χ2n) is 28.7. The normalized spacial score (nSPS) is 17.1. The van der Waals surface area contributed by atoms with Gasteiger partial charge in [-0.25, -0.2) is 18.4 Å². The summed E-state index contributed by atoms with van der Waals surface area (Å²) in [6.45, 7) is 30.4. The van der Waals surface area contributed by atoms with Crippen LogP contribution in [-0.4, -0.2) is 146 Å². The van der Waals surface area contributed by atoms with Crippen LogP contribution in [0.2, 0.25) is 0 Å². The molecule has 19 heteroatoms. The molecule has 0 saturated carbocycles. The van der Waals surface area contributed by atoms with Crippen molar-refractivity contribution in [1.29, 1.82) is 0 Å². The summed E-state index contributed by atoms with van der Waals surface area (Å²) in [5.74, 6) is -3.15. The van der Waals surface area contributed by atoms with Gasteiger partial charge in [0.1, 0.15) is 41.5 Å². The summed E-state index contributed by atoms with van der Waals surface area (Å²) in [7, 11) is 3.02. The number of Topliss-reactive ketones (excluding diaryl/α,β-unsaturated/α-hetero) is 1. The first-order chi connectivity index (χ1) is 41.4. The summed E-state index contributed by atoms with van der Waals surface area (Å²) in [6, 6.07) is 14.2. The molecule has 2 saturated heterocycles. The van der Waals surface area contributed by atoms with E-state index >= 15 is 18.4 Å². The Balaban J connectivity index is 1.27. The molecule has 0 aliphatic carbocycles. The summed E-state index contributed by atoms with van der Waals surface area (Å²) in [6.07, 6.45) is 2.96. The summed E-state index contributed by atoms with van der Waals surface area (Å²) >= 11 is 0. The van der Waals surface area contributed by atoms with Gasteiger partial charge < -0.3 is 43.4 Å². The number of carbonyl (C=O) groups excluding carboxylic acids is 7. The van der Waals surface area contributed by atoms with Crippen LogP contribution in [0.15, 0.2) is 60.7 Å². The average molecular weight is 1230 g/mol. The van der Waals surface area contributed by atoms with Gasteiger partial charge >= 0.3 is 18.2 Å². The third-order valence-electron chi connectivity index (χ3n) is 17.5. The summed E-state index contributed by atoms with van der Waals surface area (Å²) in [5, 5.41) is 4.62. The highest BCUT2D eigenvalue weighted by Crippen LogP contribution is 2.43. The van der Waals surface area contributed by atoms with Crippen molar-refractivity contribution < 1.29 is 56.6 Å². The lowest BCUT2D eigenvalue weighted by Crippen LogP contribution is -2.59. The molecule has 5 amide bonds. The number of rotatable bonds is 20. The number of likely N-dealkylation sites (N-methyl/N-ethyl adjacent to an activating group) is 2. The molecule has 3 aromatic carbocycles. The predicted molar refractivity (Wildman–Crippen MR) is 343 cm³/mol. The molecule has 0 spiro atoms. The lowest BCUT2D eigenvalue weighted by molar-refractivity contribution is -0.143. The monoisotopic (exact) mass is 1230 g/mol. The van der Waals surface area contributed by atoms with Crippen molar-refractivity contribution in [2.45, 2.75) is 217 Å². The molecule has 89 heavy (non-hydrogen) atoms. The molecule has 6 atom stereocenters. The summed E-state index contributed by atoms with van der Waals surface area (Å²) in [4.78, 5) is 103. The minimum atomic E-state index is -0.968. The Labute approximate surface area is 525 Å². The maximum Gasteiger partial charge on any atom is 0.410 e. The van der Waals surface area contributed by atoms with Crippen molar-refractivity contribution in [2.75, 3.05) is 33.8 Å². The molecule has 2 aromatic heterocycles. The van der Waals surface area contributed by atoms with E-state index < -0.39 is 76.0 Å². The van der Waals surface area contributed by atoms with Gasteiger partial charge in [-0.15, -0.1) is 0 Å². The maximum atomic E-state index is 15.6. The summed E-state index contributed by atoms with van der Waals surface area (Å²) in [5.41, 5.74) is 3.45. The maximum absolute atomic E-state index is 15.6. The molecule has 17 nitrogen and oxygen atoms in total. The van der Waals surface area contributed by atoms with Crippen LogP contribution >= 0.6 is 0 Å². The smallest absolute Gasteiger partial charge is 0.410 e. The van der Waals surface area contributed by atoms with Crippen LogP contribution in [0.4, 0.5) is 18.4 Å². The summed E-state index contributed by atoms with van der Waals surface area (Å²) < 4.78 is 51.9. The molecule has 1 N–H and O–H groups in total. The zero-order valence-electron chi connectivity index (χ0n) is 56.0. The van der Waals surface area contributed by atoms with Crippen LogP contribution in [-0.2, 0) is 64.1 Å². The molecule has 2 aliphatic heterocycles. The van der Waals surface area contributed by atoms with Gasteiger partial charge in [0, 0.05) is 75.8 Å². The van der Waals surface area contributed by atoms with Crippen molar-refractivity contribution in [3.8, 4) is 22.5 Å². The molecule has 0 unspecified atom stereocenters. The Morgan fingerprint density at radius 3 is 1.47 bits per heavy atom. The highest BCUT2D eigenvalue weighted by molar-refractivity contribution is 5.96. The van der Waals surface area contributed by atoms with Gasteiger partial charge in [-0.1, -0.05) is 72.7 Å². The van der Waals surface area contributed by atoms with E-state index in [1.54, 1.807) is 67.5 Å². The van der Waals surface area contributed by atoms with E-state index in [0.717, 1.165) is 62.8 Å². The van der Waals surface area contributed by atoms with Crippen LogP contribution in [0, 0.1) is 28.4 Å². The zero-order chi connectivity index (χ0) is 66.0. The van der Waals surface area contributed by atoms with Gasteiger partial charge in [0.25, 0.3) is 0 Å². The molecule has 7 rings (SSSR count). The van der Waals surface area contributed by atoms with Crippen molar-refractivity contribution in [1.82, 2.24) is 34.1 Å². The van der Waals surface area contributed by atoms with E-state index in [1.165, 1.54) is 49.0 Å². The minimum absolute atomic E-state index is 0.00219. The first kappa shape index (κ1) is 69.2. The predicted octanol–water partition coefficient (Wildman–Crippen LogP) is 12.9. The minimum Gasteiger partial charge on any atom is -0.464 e. The van der Waals surface area contributed by atoms with Crippen LogP contribution in [0.1, 0.15) is 160 Å². The van der Waals surface area contributed by atoms with Crippen molar-refractivity contribution >= 4 is 63.5 Å². The van der Waals surface area contributed by atoms with E-state index in [2.05, 4.69) is 16.8 Å². The van der Waals surface area contributed by atoms with E-state index in [0.29, 0.717) is 57.3 Å². The molecule has 4 heterocycles. The molecule has 5 aromatic rings. The number of nitrogens with zero attached hydrogens (tertiary/aromatic N) is 6. The molecular weight excluding hydrogens is 1140 g/mol. The largest absolute Gasteiger partial charge is 0.464 e. The third-order valence-corrected chi connectivity index (χ3v) is 17.5. The van der Waals surface area contributed by atoms with Gasteiger partial charge in [-0.3, -0.25) is 28.9 Å². The van der Waals surface area contributed by atoms with E-state index in [9.17, 15) is 24.0 Å². The molecule has 2 aliphatic rings. The van der Waals surface area contributed by atoms with Crippen LogP contribution < -0.4 is 5.32 Å². The number of hydrogen-bond acceptors (Lipinski definition) is 10. The van der Waals surface area contributed by atoms with E-state index in [-0.39, 0.29) is 55.1 Å². The van der Waals surface area contributed by atoms with Gasteiger partial charge in [0.2, 0.25) is 17.7 Å². The Morgan fingerprint density at radius 1 is 0.618 bits per heavy atom. The Hall–Kier alpha value is -7.31. The number of halogens is 2. The Morgan fingerprint density at radius 2 is 1.06 bits per heavy atom. The molecule has 0 bridgehead atoms. The number of aromatic nitrogens is 2. The average Bonchev–Trinajstić information content (AvgIpc) is 1.93. The quantitative estimate of drug-likeness (QED) is 0.0581. The number of likely N-dealkylation sites (tertiary alicyclic amines) is 2. The second-order valence-corrected chi connectivity index (χ2v) is 28.7. The Bertz CT molecular complexity index is 3430. The van der Waals surface area contributed by atoms with Gasteiger partial charge in [-0.2, -0.15) is 0 Å². The third kappa shape index (κ3) is 16.2. The number of benzene rings is 3. The molecule has 486 valence electrons. The fourth-order valence-corrected chi connectivity index (χ4v) is 12.6. The standard InChI is InChI=1S/C70H97F2N7O10/c1-19-32-78-56-37-47(71)28-30-51(56)53(39-49-22-20-33-76(49)63(83)55(67(5,6)7)41-58(81)42(2)74(17)65(85)88-69(11,12)13)59(78)45-24-26-46(27-25-45)60-54(52-31-29-48(72)38-57(52)79(60)35-36-87-44(4)80)40-50-23-21-34-77(50)64(84)61(68(8,9)10)73-62(82)43(3)75(18)66(86)89-70(14,15)16/h24-31,37-38,42-43,49-50,55,61H,19-23,32-36,39-41H2,1-18H3,(H,73,82)/t42-,43-,49-,50-,55+,61+/m0/s1. The number of ketones is 1. The first-order valence-corrected chi connectivity index (χ1v) is 31.6. The molecule has 0 radical (unpaired) electrons. The topological polar surface area (TPSA) is 182 Å². The lowest BCUT2D eigenvalue weighted by Gasteiger charge is -2.37. The lowest BCUT2D eigenvalue weighted by atomic mass is 9.76. The number of fused-ring (bicyclic) bond motifs is 2. The number of nitrogens with one attached hydrogen (secondary N) is 1. The zero-order valence-corrected chi connectivity index (χ0v) is 56.0. The second kappa shape index (κ2) is 27.4. The molecular formula is C70H97F2N7O10. The van der Waals surface area contributed by atoms with Crippen molar-refractivity contribution in [2.24, 2.45) is 16.7 Å². The number of amides is 5.